The molecule has 1 aromatic carbocycles. The van der Waals surface area contributed by atoms with Crippen molar-refractivity contribution >= 4 is 11.8 Å². The Labute approximate surface area is 81.7 Å². The van der Waals surface area contributed by atoms with Gasteiger partial charge in [0.1, 0.15) is 18.3 Å². The van der Waals surface area contributed by atoms with Gasteiger partial charge in [-0.05, 0) is 5.56 Å². The van der Waals surface area contributed by atoms with Crippen LogP contribution in [-0.2, 0) is 14.3 Å². The first kappa shape index (κ1) is 8.94. The van der Waals surface area contributed by atoms with Gasteiger partial charge in [0.05, 0.1) is 0 Å². The fourth-order valence-electron chi connectivity index (χ4n) is 1.54. The second-order valence-electron chi connectivity index (χ2n) is 3.31. The van der Waals surface area contributed by atoms with Gasteiger partial charge in [0.15, 0.2) is 0 Å². The molecule has 1 aromatic rings. The average Bonchev–Trinajstić information content (AvgIpc) is 2.18. The SMILES string of the molecule is O=C1C[13C](=O)[13CH2]C(c2ccccc2)O1. The van der Waals surface area contributed by atoms with Crippen LogP contribution in [0.4, 0.5) is 0 Å². The topological polar surface area (TPSA) is 43.4 Å². The van der Waals surface area contributed by atoms with Crippen LogP contribution < -0.4 is 0 Å². The zero-order valence-electron chi connectivity index (χ0n) is 7.60. The van der Waals surface area contributed by atoms with E-state index in [0.717, 1.165) is 5.56 Å². The van der Waals surface area contributed by atoms with E-state index in [9.17, 15) is 9.59 Å². The standard InChI is InChI=1S/C11H10O3/c12-9-6-10(14-11(13)7-9)8-4-2-1-3-5-8/h1-5,10H,6-7H2/i6+1,9+1. The molecule has 1 atom stereocenters. The summed E-state index contributed by atoms with van der Waals surface area (Å²) in [5, 5.41) is 0. The molecule has 1 saturated heterocycles. The molecule has 1 aliphatic rings. The summed E-state index contributed by atoms with van der Waals surface area (Å²) in [5.41, 5.74) is 0.883. The number of ketones is 1. The number of ether oxygens (including phenoxy) is 1. The Morgan fingerprint density at radius 2 is 1.86 bits per heavy atom. The van der Waals surface area contributed by atoms with E-state index in [1.807, 2.05) is 30.3 Å². The number of Topliss-reactive ketones (excluding diaryl/α,β-unsaturated/α-hetero) is 1. The molecule has 72 valence electrons. The van der Waals surface area contributed by atoms with Crippen LogP contribution in [0.1, 0.15) is 24.5 Å². The molecule has 1 heterocycles. The van der Waals surface area contributed by atoms with Crippen molar-refractivity contribution in [3.05, 3.63) is 35.9 Å². The van der Waals surface area contributed by atoms with Gasteiger partial charge in [0.25, 0.3) is 0 Å². The minimum absolute atomic E-state index is 0.0462. The smallest absolute Gasteiger partial charge is 0.313 e. The van der Waals surface area contributed by atoms with Crippen molar-refractivity contribution in [3.63, 3.8) is 0 Å². The summed E-state index contributed by atoms with van der Waals surface area (Å²) in [4.78, 5) is 22.2. The first-order valence-corrected chi connectivity index (χ1v) is 4.52. The monoisotopic (exact) mass is 192 g/mol. The van der Waals surface area contributed by atoms with Crippen molar-refractivity contribution in [2.24, 2.45) is 0 Å². The summed E-state index contributed by atoms with van der Waals surface area (Å²) in [6.45, 7) is 0. The summed E-state index contributed by atoms with van der Waals surface area (Å²) in [6.07, 6.45) is -0.163. The van der Waals surface area contributed by atoms with Gasteiger partial charge in [0, 0.05) is 6.42 Å². The Morgan fingerprint density at radius 1 is 1.14 bits per heavy atom. The Kier molecular flexibility index (Phi) is 2.31. The Hall–Kier alpha value is -1.64. The van der Waals surface area contributed by atoms with E-state index in [4.69, 9.17) is 4.74 Å². The van der Waals surface area contributed by atoms with Crippen molar-refractivity contribution in [1.82, 2.24) is 0 Å². The highest BCUT2D eigenvalue weighted by atomic mass is 16.6. The number of hydrogen-bond donors (Lipinski definition) is 0. The van der Waals surface area contributed by atoms with Gasteiger partial charge < -0.3 is 4.74 Å². The Balaban J connectivity index is 2.19. The highest BCUT2D eigenvalue weighted by Crippen LogP contribution is 2.26. The summed E-state index contributed by atoms with van der Waals surface area (Å²) >= 11 is 0. The van der Waals surface area contributed by atoms with Crippen LogP contribution in [0.25, 0.3) is 0 Å². The predicted octanol–water partition coefficient (Wildman–Crippen LogP) is 1.63. The van der Waals surface area contributed by atoms with Crippen molar-refractivity contribution < 1.29 is 14.3 Å². The largest absolute Gasteiger partial charge is 0.457 e. The molecule has 0 aromatic heterocycles. The number of hydrogen-bond acceptors (Lipinski definition) is 3. The molecule has 3 nitrogen and oxygen atoms in total. The van der Waals surface area contributed by atoms with E-state index < -0.39 is 5.97 Å². The van der Waals surface area contributed by atoms with Crippen molar-refractivity contribution in [1.29, 1.82) is 0 Å². The summed E-state index contributed by atoms with van der Waals surface area (Å²) in [7, 11) is 0. The number of cyclic esters (lactones) is 1. The fourth-order valence-corrected chi connectivity index (χ4v) is 1.54. The molecule has 0 bridgehead atoms. The highest BCUT2D eigenvalue weighted by molar-refractivity contribution is 5.97. The van der Waals surface area contributed by atoms with Crippen LogP contribution in [0, 0.1) is 0 Å². The Morgan fingerprint density at radius 3 is 2.50 bits per heavy atom. The molecule has 3 heteroatoms. The Bertz CT molecular complexity index is 340. The van der Waals surface area contributed by atoms with Gasteiger partial charge in [-0.25, -0.2) is 0 Å². The first-order valence-electron chi connectivity index (χ1n) is 4.52. The van der Waals surface area contributed by atoms with Crippen molar-refractivity contribution in [2.45, 2.75) is 18.9 Å². The van der Waals surface area contributed by atoms with Crippen LogP contribution in [0.2, 0.25) is 0 Å². The maximum absolute atomic E-state index is 11.2. The zero-order valence-corrected chi connectivity index (χ0v) is 7.60. The second-order valence-corrected chi connectivity index (χ2v) is 3.31. The molecule has 0 saturated carbocycles. The molecule has 0 N–H and O–H groups in total. The third-order valence-corrected chi connectivity index (χ3v) is 2.20. The normalized spacial score (nSPS) is 21.9. The molecule has 1 unspecified atom stereocenters. The summed E-state index contributed by atoms with van der Waals surface area (Å²) < 4.78 is 5.08. The molecule has 0 aliphatic carbocycles. The van der Waals surface area contributed by atoms with Crippen LogP contribution in [0.15, 0.2) is 30.3 Å². The van der Waals surface area contributed by atoms with Crippen LogP contribution >= 0.6 is 0 Å². The minimum atomic E-state index is -0.421. The first-order chi connectivity index (χ1) is 6.75. The average molecular weight is 192 g/mol. The molecule has 1 aliphatic heterocycles. The van der Waals surface area contributed by atoms with Gasteiger partial charge >= 0.3 is 5.97 Å². The van der Waals surface area contributed by atoms with E-state index in [0.29, 0.717) is 6.42 Å². The quantitative estimate of drug-likeness (QED) is 0.386. The molecule has 14 heavy (non-hydrogen) atoms. The molecular weight excluding hydrogens is 182 g/mol. The molecule has 2 rings (SSSR count). The van der Waals surface area contributed by atoms with Crippen molar-refractivity contribution in [2.75, 3.05) is 0 Å². The molecular formula is C11H10O3. The van der Waals surface area contributed by atoms with E-state index in [2.05, 4.69) is 0 Å². The zero-order chi connectivity index (χ0) is 9.97. The molecule has 0 spiro atoms. The number of benzene rings is 1. The fraction of sp³-hybridized carbons (Fsp3) is 0.273. The second kappa shape index (κ2) is 3.62. The van der Waals surface area contributed by atoms with E-state index in [1.165, 1.54) is 0 Å². The van der Waals surface area contributed by atoms with Gasteiger partial charge in [-0.3, -0.25) is 9.59 Å². The number of carbonyl (C=O) groups is 2. The third kappa shape index (κ3) is 1.82. The maximum Gasteiger partial charge on any atom is 0.313 e. The summed E-state index contributed by atoms with van der Waals surface area (Å²) in [5.74, 6) is -0.467. The number of carbonyl (C=O) groups excluding carboxylic acids is 2. The van der Waals surface area contributed by atoms with Gasteiger partial charge in [-0.1, -0.05) is 30.3 Å². The van der Waals surface area contributed by atoms with Gasteiger partial charge in [-0.2, -0.15) is 0 Å². The lowest BCUT2D eigenvalue weighted by Gasteiger charge is -2.21. The van der Waals surface area contributed by atoms with Crippen LogP contribution in [0.3, 0.4) is 0 Å². The number of rotatable bonds is 1. The predicted molar refractivity (Wildman–Crippen MR) is 49.5 cm³/mol. The molecule has 1 fully saturated rings. The van der Waals surface area contributed by atoms with E-state index in [1.54, 1.807) is 0 Å². The van der Waals surface area contributed by atoms with Gasteiger partial charge in [-0.15, -0.1) is 0 Å². The molecule has 0 radical (unpaired) electrons. The summed E-state index contributed by atoms with van der Waals surface area (Å²) in [6, 6.07) is 9.33. The van der Waals surface area contributed by atoms with Crippen molar-refractivity contribution in [3.8, 4) is 0 Å². The van der Waals surface area contributed by atoms with Crippen LogP contribution in [-0.4, -0.2) is 11.8 Å². The maximum atomic E-state index is 11.2. The number of esters is 1. The highest BCUT2D eigenvalue weighted by Gasteiger charge is 2.27. The lowest BCUT2D eigenvalue weighted by Crippen LogP contribution is -2.23. The minimum Gasteiger partial charge on any atom is -0.457 e. The van der Waals surface area contributed by atoms with E-state index >= 15 is 0 Å². The van der Waals surface area contributed by atoms with Crippen LogP contribution in [0.5, 0.6) is 0 Å². The lowest BCUT2D eigenvalue weighted by atomic mass is 10.1. The van der Waals surface area contributed by atoms with E-state index in [-0.39, 0.29) is 18.3 Å². The third-order valence-electron chi connectivity index (χ3n) is 2.20. The van der Waals surface area contributed by atoms with Gasteiger partial charge in [0.2, 0.25) is 0 Å². The molecule has 0 amide bonds. The lowest BCUT2D eigenvalue weighted by molar-refractivity contribution is -0.158.